The van der Waals surface area contributed by atoms with Gasteiger partial charge in [-0.2, -0.15) is 0 Å². The van der Waals surface area contributed by atoms with Crippen LogP contribution in [0.1, 0.15) is 33.4 Å². The number of nitrogens with zero attached hydrogens (tertiary/aromatic N) is 1. The molecule has 1 aliphatic heterocycles. The van der Waals surface area contributed by atoms with Crippen molar-refractivity contribution in [3.05, 3.63) is 48.3 Å². The van der Waals surface area contributed by atoms with Crippen molar-refractivity contribution in [1.82, 2.24) is 4.98 Å². The van der Waals surface area contributed by atoms with E-state index in [0.717, 1.165) is 11.2 Å². The molecular weight excluding hydrogens is 285 g/mol. The molecule has 1 aliphatic rings. The average Bonchev–Trinajstić information content (AvgIpc) is 2.50. The Bertz CT molecular complexity index is 695. The summed E-state index contributed by atoms with van der Waals surface area (Å²) in [5, 5.41) is 0. The monoisotopic (exact) mass is 309 g/mol. The predicted octanol–water partition coefficient (Wildman–Crippen LogP) is 3.60. The van der Waals surface area contributed by atoms with Crippen molar-refractivity contribution in [2.75, 3.05) is 6.61 Å². The summed E-state index contributed by atoms with van der Waals surface area (Å²) < 4.78 is 12.2. The number of rotatable bonds is 2. The van der Waals surface area contributed by atoms with Crippen LogP contribution in [0, 0.1) is 12.3 Å². The Balaban J connectivity index is 1.81. The minimum atomic E-state index is -0.300. The van der Waals surface area contributed by atoms with Crippen LogP contribution < -0.4 is 5.46 Å². The Hall–Kier alpha value is -1.65. The second-order valence-electron chi connectivity index (χ2n) is 7.46. The van der Waals surface area contributed by atoms with Gasteiger partial charge >= 0.3 is 7.12 Å². The lowest BCUT2D eigenvalue weighted by Gasteiger charge is -2.47. The highest BCUT2D eigenvalue weighted by molar-refractivity contribution is 6.61. The summed E-state index contributed by atoms with van der Waals surface area (Å²) in [5.41, 5.74) is 4.21. The average molecular weight is 309 g/mol. The number of aryl methyl sites for hydroxylation is 1. The first kappa shape index (κ1) is 16.2. The largest absolute Gasteiger partial charge is 0.494 e. The maximum absolute atomic E-state index is 6.21. The van der Waals surface area contributed by atoms with E-state index in [0.29, 0.717) is 6.61 Å². The lowest BCUT2D eigenvalue weighted by Crippen LogP contribution is -2.58. The van der Waals surface area contributed by atoms with Gasteiger partial charge in [0, 0.05) is 23.9 Å². The standard InChI is InChI=1S/C19H24BNO2/c1-14-12-16(10-11-21-14)15-6-8-17(9-7-15)20-22-13-18(2,3)19(4,5)23-20/h6-12H,13H2,1-5H3. The maximum Gasteiger partial charge on any atom is 0.494 e. The van der Waals surface area contributed by atoms with E-state index in [9.17, 15) is 0 Å². The molecule has 120 valence electrons. The van der Waals surface area contributed by atoms with E-state index in [-0.39, 0.29) is 18.1 Å². The van der Waals surface area contributed by atoms with Crippen molar-refractivity contribution >= 4 is 12.6 Å². The van der Waals surface area contributed by atoms with E-state index < -0.39 is 0 Å². The predicted molar refractivity (Wildman–Crippen MR) is 94.7 cm³/mol. The third-order valence-corrected chi connectivity index (χ3v) is 5.04. The summed E-state index contributed by atoms with van der Waals surface area (Å²) >= 11 is 0. The molecule has 0 amide bonds. The van der Waals surface area contributed by atoms with Crippen LogP contribution in [0.15, 0.2) is 42.6 Å². The van der Waals surface area contributed by atoms with Crippen LogP contribution >= 0.6 is 0 Å². The third kappa shape index (κ3) is 3.19. The highest BCUT2D eigenvalue weighted by Crippen LogP contribution is 2.38. The van der Waals surface area contributed by atoms with Crippen LogP contribution in [0.4, 0.5) is 0 Å². The highest BCUT2D eigenvalue weighted by atomic mass is 16.6. The van der Waals surface area contributed by atoms with E-state index in [4.69, 9.17) is 9.31 Å². The number of hydrogen-bond donors (Lipinski definition) is 0. The fraction of sp³-hybridized carbons (Fsp3) is 0.421. The number of pyridine rings is 1. The minimum Gasteiger partial charge on any atom is -0.407 e. The number of hydrogen-bond acceptors (Lipinski definition) is 3. The van der Waals surface area contributed by atoms with E-state index in [1.807, 2.05) is 19.2 Å². The van der Waals surface area contributed by atoms with Gasteiger partial charge in [-0.05, 0) is 49.5 Å². The molecule has 23 heavy (non-hydrogen) atoms. The zero-order valence-electron chi connectivity index (χ0n) is 14.6. The molecular formula is C19H24BNO2. The maximum atomic E-state index is 6.21. The van der Waals surface area contributed by atoms with Crippen molar-refractivity contribution in [3.63, 3.8) is 0 Å². The van der Waals surface area contributed by atoms with Crippen LogP contribution in [0.3, 0.4) is 0 Å². The molecule has 0 atom stereocenters. The first-order valence-electron chi connectivity index (χ1n) is 8.11. The lowest BCUT2D eigenvalue weighted by molar-refractivity contribution is -0.0937. The van der Waals surface area contributed by atoms with Gasteiger partial charge in [0.2, 0.25) is 0 Å². The molecule has 0 spiro atoms. The summed E-state index contributed by atoms with van der Waals surface area (Å²) in [6.07, 6.45) is 1.84. The van der Waals surface area contributed by atoms with Crippen molar-refractivity contribution in [2.45, 2.75) is 40.2 Å². The topological polar surface area (TPSA) is 31.4 Å². The SMILES string of the molecule is Cc1cc(-c2ccc(B3OCC(C)(C)C(C)(C)O3)cc2)ccn1. The molecule has 0 saturated carbocycles. The van der Waals surface area contributed by atoms with E-state index in [1.165, 1.54) is 11.1 Å². The zero-order valence-corrected chi connectivity index (χ0v) is 14.6. The zero-order chi connectivity index (χ0) is 16.7. The number of aromatic nitrogens is 1. The van der Waals surface area contributed by atoms with E-state index in [1.54, 1.807) is 0 Å². The molecule has 0 N–H and O–H groups in total. The van der Waals surface area contributed by atoms with Gasteiger partial charge in [0.25, 0.3) is 0 Å². The molecule has 0 aliphatic carbocycles. The second kappa shape index (κ2) is 5.77. The molecule has 1 aromatic carbocycles. The Morgan fingerprint density at radius 1 is 1.00 bits per heavy atom. The van der Waals surface area contributed by atoms with Gasteiger partial charge in [-0.1, -0.05) is 38.1 Å². The summed E-state index contributed by atoms with van der Waals surface area (Å²) in [6.45, 7) is 11.3. The Labute approximate surface area is 139 Å². The molecule has 1 aromatic heterocycles. The highest BCUT2D eigenvalue weighted by Gasteiger charge is 2.46. The molecule has 2 aromatic rings. The fourth-order valence-corrected chi connectivity index (χ4v) is 2.64. The summed E-state index contributed by atoms with van der Waals surface area (Å²) in [6, 6.07) is 12.5. The normalized spacial score (nSPS) is 19.6. The van der Waals surface area contributed by atoms with Gasteiger partial charge in [0.15, 0.2) is 0 Å². The number of benzene rings is 1. The molecule has 2 heterocycles. The van der Waals surface area contributed by atoms with Crippen molar-refractivity contribution in [1.29, 1.82) is 0 Å². The molecule has 3 rings (SSSR count). The van der Waals surface area contributed by atoms with Crippen LogP contribution in [-0.4, -0.2) is 24.3 Å². The molecule has 0 bridgehead atoms. The van der Waals surface area contributed by atoms with Gasteiger partial charge in [0.1, 0.15) is 0 Å². The molecule has 1 fully saturated rings. The van der Waals surface area contributed by atoms with Gasteiger partial charge in [-0.3, -0.25) is 4.98 Å². The van der Waals surface area contributed by atoms with Gasteiger partial charge in [-0.15, -0.1) is 0 Å². The molecule has 3 nitrogen and oxygen atoms in total. The first-order valence-corrected chi connectivity index (χ1v) is 8.11. The van der Waals surface area contributed by atoms with E-state index in [2.05, 4.69) is 63.0 Å². The molecule has 1 saturated heterocycles. The lowest BCUT2D eigenvalue weighted by atomic mass is 9.69. The van der Waals surface area contributed by atoms with Crippen LogP contribution in [-0.2, 0) is 9.31 Å². The van der Waals surface area contributed by atoms with Crippen LogP contribution in [0.25, 0.3) is 11.1 Å². The van der Waals surface area contributed by atoms with Crippen molar-refractivity contribution in [2.24, 2.45) is 5.41 Å². The van der Waals surface area contributed by atoms with E-state index >= 15 is 0 Å². The van der Waals surface area contributed by atoms with Gasteiger partial charge < -0.3 is 9.31 Å². The molecule has 0 unspecified atom stereocenters. The molecule has 4 heteroatoms. The Kier molecular flexibility index (Phi) is 4.07. The summed E-state index contributed by atoms with van der Waals surface area (Å²) in [4.78, 5) is 4.25. The molecule has 0 radical (unpaired) electrons. The van der Waals surface area contributed by atoms with Crippen molar-refractivity contribution < 1.29 is 9.31 Å². The quantitative estimate of drug-likeness (QED) is 0.794. The Morgan fingerprint density at radius 2 is 1.70 bits per heavy atom. The second-order valence-corrected chi connectivity index (χ2v) is 7.46. The van der Waals surface area contributed by atoms with Crippen molar-refractivity contribution in [3.8, 4) is 11.1 Å². The van der Waals surface area contributed by atoms with Gasteiger partial charge in [0.05, 0.1) is 5.60 Å². The van der Waals surface area contributed by atoms with Crippen LogP contribution in [0.2, 0.25) is 0 Å². The Morgan fingerprint density at radius 3 is 2.30 bits per heavy atom. The summed E-state index contributed by atoms with van der Waals surface area (Å²) in [5.74, 6) is 0. The minimum absolute atomic E-state index is 0.00198. The fourth-order valence-electron chi connectivity index (χ4n) is 2.64. The third-order valence-electron chi connectivity index (χ3n) is 5.04. The smallest absolute Gasteiger partial charge is 0.407 e. The van der Waals surface area contributed by atoms with Crippen LogP contribution in [0.5, 0.6) is 0 Å². The first-order chi connectivity index (χ1) is 10.8. The summed E-state index contributed by atoms with van der Waals surface area (Å²) in [7, 11) is -0.300. The van der Waals surface area contributed by atoms with Gasteiger partial charge in [-0.25, -0.2) is 0 Å².